The highest BCUT2D eigenvalue weighted by molar-refractivity contribution is 9.10. The van der Waals surface area contributed by atoms with Crippen LogP contribution in [0.5, 0.6) is 0 Å². The van der Waals surface area contributed by atoms with Crippen molar-refractivity contribution in [3.05, 3.63) is 64.1 Å². The SMILES string of the molecule is O=C(NNC(=O)c1ccc(F)nc1)c1ccc(Br)cc1. The van der Waals surface area contributed by atoms with E-state index in [-0.39, 0.29) is 5.56 Å². The number of pyridine rings is 1. The predicted octanol–water partition coefficient (Wildman–Crippen LogP) is 2.06. The Balaban J connectivity index is 1.94. The van der Waals surface area contributed by atoms with Gasteiger partial charge in [-0.2, -0.15) is 4.39 Å². The number of aromatic nitrogens is 1. The summed E-state index contributed by atoms with van der Waals surface area (Å²) in [5, 5.41) is 0. The minimum Gasteiger partial charge on any atom is -0.267 e. The lowest BCUT2D eigenvalue weighted by molar-refractivity contribution is 0.0846. The highest BCUT2D eigenvalue weighted by Gasteiger charge is 2.09. The minimum absolute atomic E-state index is 0.141. The Hall–Kier alpha value is -2.28. The first-order valence-corrected chi connectivity index (χ1v) is 6.33. The van der Waals surface area contributed by atoms with Gasteiger partial charge >= 0.3 is 0 Å². The molecule has 0 unspecified atom stereocenters. The molecule has 102 valence electrons. The molecule has 2 aromatic rings. The molecule has 1 heterocycles. The van der Waals surface area contributed by atoms with Gasteiger partial charge < -0.3 is 0 Å². The maximum atomic E-state index is 12.6. The number of nitrogens with one attached hydrogen (secondary N) is 2. The number of carbonyl (C=O) groups excluding carboxylic acids is 2. The molecule has 0 radical (unpaired) electrons. The number of hydrogen-bond acceptors (Lipinski definition) is 3. The van der Waals surface area contributed by atoms with Crippen molar-refractivity contribution < 1.29 is 14.0 Å². The first-order chi connectivity index (χ1) is 9.56. The molecule has 0 spiro atoms. The first-order valence-electron chi connectivity index (χ1n) is 5.54. The van der Waals surface area contributed by atoms with Crippen LogP contribution in [0.1, 0.15) is 20.7 Å². The fourth-order valence-electron chi connectivity index (χ4n) is 1.37. The Labute approximate surface area is 122 Å². The number of benzene rings is 1. The lowest BCUT2D eigenvalue weighted by Crippen LogP contribution is -2.41. The zero-order valence-electron chi connectivity index (χ0n) is 10.1. The zero-order chi connectivity index (χ0) is 14.5. The number of hydrogen-bond donors (Lipinski definition) is 2. The summed E-state index contributed by atoms with van der Waals surface area (Å²) < 4.78 is 13.4. The van der Waals surface area contributed by atoms with Crippen molar-refractivity contribution in [3.63, 3.8) is 0 Å². The van der Waals surface area contributed by atoms with Crippen molar-refractivity contribution in [1.29, 1.82) is 0 Å². The summed E-state index contributed by atoms with van der Waals surface area (Å²) in [6.07, 6.45) is 1.08. The fourth-order valence-corrected chi connectivity index (χ4v) is 1.63. The highest BCUT2D eigenvalue weighted by atomic mass is 79.9. The van der Waals surface area contributed by atoms with Crippen LogP contribution < -0.4 is 10.9 Å². The van der Waals surface area contributed by atoms with E-state index in [1.165, 1.54) is 6.07 Å². The summed E-state index contributed by atoms with van der Waals surface area (Å²) in [5.41, 5.74) is 5.01. The average molecular weight is 338 g/mol. The molecule has 0 atom stereocenters. The molecule has 2 N–H and O–H groups in total. The summed E-state index contributed by atoms with van der Waals surface area (Å²) in [6, 6.07) is 8.95. The second-order valence-electron chi connectivity index (χ2n) is 3.78. The van der Waals surface area contributed by atoms with Crippen LogP contribution >= 0.6 is 15.9 Å². The molecule has 0 fully saturated rings. The standard InChI is InChI=1S/C13H9BrFN3O2/c14-10-4-1-8(2-5-10)12(19)17-18-13(20)9-3-6-11(15)16-7-9/h1-7H,(H,17,19)(H,18,20). The lowest BCUT2D eigenvalue weighted by Gasteiger charge is -2.07. The maximum Gasteiger partial charge on any atom is 0.271 e. The molecule has 2 amide bonds. The third-order valence-corrected chi connectivity index (χ3v) is 2.91. The van der Waals surface area contributed by atoms with Gasteiger partial charge in [0.15, 0.2) is 0 Å². The lowest BCUT2D eigenvalue weighted by atomic mass is 10.2. The number of hydrazine groups is 1. The molecule has 1 aromatic heterocycles. The van der Waals surface area contributed by atoms with Crippen LogP contribution in [0.4, 0.5) is 4.39 Å². The summed E-state index contributed by atoms with van der Waals surface area (Å²) in [7, 11) is 0. The van der Waals surface area contributed by atoms with E-state index >= 15 is 0 Å². The summed E-state index contributed by atoms with van der Waals surface area (Å²) in [6.45, 7) is 0. The Morgan fingerprint density at radius 1 is 0.950 bits per heavy atom. The van der Waals surface area contributed by atoms with E-state index in [1.807, 2.05) is 0 Å². The Bertz CT molecular complexity index is 572. The van der Waals surface area contributed by atoms with Gasteiger partial charge in [-0.3, -0.25) is 20.4 Å². The van der Waals surface area contributed by atoms with Gasteiger partial charge in [0.2, 0.25) is 5.95 Å². The predicted molar refractivity (Wildman–Crippen MR) is 73.3 cm³/mol. The van der Waals surface area contributed by atoms with E-state index in [0.717, 1.165) is 16.7 Å². The molecular weight excluding hydrogens is 329 g/mol. The minimum atomic E-state index is -0.680. The molecule has 0 aliphatic rings. The van der Waals surface area contributed by atoms with Crippen LogP contribution in [0, 0.1) is 5.95 Å². The third-order valence-electron chi connectivity index (χ3n) is 2.39. The number of carbonyl (C=O) groups is 2. The summed E-state index contributed by atoms with van der Waals surface area (Å²) in [4.78, 5) is 26.7. The molecule has 20 heavy (non-hydrogen) atoms. The first kappa shape index (κ1) is 14.1. The topological polar surface area (TPSA) is 71.1 Å². The van der Waals surface area contributed by atoms with Gasteiger partial charge in [0.25, 0.3) is 11.8 Å². The molecule has 0 bridgehead atoms. The van der Waals surface area contributed by atoms with Crippen LogP contribution in [0.3, 0.4) is 0 Å². The maximum absolute atomic E-state index is 12.6. The number of amides is 2. The second-order valence-corrected chi connectivity index (χ2v) is 4.70. The van der Waals surface area contributed by atoms with E-state index in [2.05, 4.69) is 31.8 Å². The van der Waals surface area contributed by atoms with Gasteiger partial charge in [0.1, 0.15) is 0 Å². The van der Waals surface area contributed by atoms with Crippen LogP contribution in [0.2, 0.25) is 0 Å². The molecule has 1 aromatic carbocycles. The Morgan fingerprint density at radius 3 is 2.05 bits per heavy atom. The molecule has 7 heteroatoms. The zero-order valence-corrected chi connectivity index (χ0v) is 11.6. The van der Waals surface area contributed by atoms with Crippen molar-refractivity contribution in [2.45, 2.75) is 0 Å². The van der Waals surface area contributed by atoms with Gasteiger partial charge in [-0.15, -0.1) is 0 Å². The number of rotatable bonds is 2. The second kappa shape index (κ2) is 6.25. The Kier molecular flexibility index (Phi) is 4.41. The molecule has 0 aliphatic heterocycles. The van der Waals surface area contributed by atoms with Gasteiger partial charge in [-0.05, 0) is 36.4 Å². The van der Waals surface area contributed by atoms with Crippen LogP contribution in [-0.2, 0) is 0 Å². The van der Waals surface area contributed by atoms with Gasteiger partial charge in [0.05, 0.1) is 5.56 Å². The Morgan fingerprint density at radius 2 is 1.50 bits per heavy atom. The van der Waals surface area contributed by atoms with Crippen LogP contribution in [0.25, 0.3) is 0 Å². The molecule has 0 saturated heterocycles. The quantitative estimate of drug-likeness (QED) is 0.650. The summed E-state index contributed by atoms with van der Waals surface area (Å²) >= 11 is 3.25. The van der Waals surface area contributed by atoms with Gasteiger partial charge in [0, 0.05) is 16.2 Å². The molecule has 0 aliphatic carbocycles. The number of nitrogens with zero attached hydrogens (tertiary/aromatic N) is 1. The van der Waals surface area contributed by atoms with Crippen LogP contribution in [0.15, 0.2) is 47.1 Å². The molecule has 5 nitrogen and oxygen atoms in total. The largest absolute Gasteiger partial charge is 0.271 e. The molecule has 2 rings (SSSR count). The van der Waals surface area contributed by atoms with Gasteiger partial charge in [-0.1, -0.05) is 15.9 Å². The fraction of sp³-hybridized carbons (Fsp3) is 0. The molecule has 0 saturated carbocycles. The third kappa shape index (κ3) is 3.61. The van der Waals surface area contributed by atoms with Crippen molar-refractivity contribution >= 4 is 27.7 Å². The average Bonchev–Trinajstić information content (AvgIpc) is 2.46. The highest BCUT2D eigenvalue weighted by Crippen LogP contribution is 2.10. The van der Waals surface area contributed by atoms with Crippen molar-refractivity contribution in [1.82, 2.24) is 15.8 Å². The van der Waals surface area contributed by atoms with E-state index < -0.39 is 17.8 Å². The monoisotopic (exact) mass is 337 g/mol. The molecular formula is C13H9BrFN3O2. The van der Waals surface area contributed by atoms with E-state index in [4.69, 9.17) is 0 Å². The van der Waals surface area contributed by atoms with E-state index in [0.29, 0.717) is 5.56 Å². The van der Waals surface area contributed by atoms with Crippen molar-refractivity contribution in [2.24, 2.45) is 0 Å². The number of halogens is 2. The van der Waals surface area contributed by atoms with E-state index in [9.17, 15) is 14.0 Å². The van der Waals surface area contributed by atoms with E-state index in [1.54, 1.807) is 24.3 Å². The van der Waals surface area contributed by atoms with Crippen molar-refractivity contribution in [3.8, 4) is 0 Å². The summed E-state index contributed by atoms with van der Waals surface area (Å²) in [5.74, 6) is -1.72. The van der Waals surface area contributed by atoms with Crippen molar-refractivity contribution in [2.75, 3.05) is 0 Å². The normalized spacial score (nSPS) is 9.90. The van der Waals surface area contributed by atoms with Crippen LogP contribution in [-0.4, -0.2) is 16.8 Å². The van der Waals surface area contributed by atoms with Gasteiger partial charge in [-0.25, -0.2) is 4.98 Å². The smallest absolute Gasteiger partial charge is 0.267 e.